The minimum atomic E-state index is -2.31. The molecule has 0 saturated carbocycles. The SMILES string of the molecule is C[N+]1(C)CCN(P(C)(=O)N2CC[N+](C)(C)CC2)CC1.C[N+]1(C)CCN(P(C)(C)=O)CC1. The minimum Gasteiger partial charge on any atom is -0.326 e. The first-order valence-corrected chi connectivity index (χ1v) is 16.4. The highest BCUT2D eigenvalue weighted by Gasteiger charge is 2.40. The summed E-state index contributed by atoms with van der Waals surface area (Å²) in [6.45, 7) is 18.2. The summed E-state index contributed by atoms with van der Waals surface area (Å²) in [4.78, 5) is 0. The highest BCUT2D eigenvalue weighted by Crippen LogP contribution is 2.50. The largest absolute Gasteiger partial charge is 0.326 e. The van der Waals surface area contributed by atoms with Gasteiger partial charge in [-0.15, -0.1) is 0 Å². The number of piperazine rings is 3. The summed E-state index contributed by atoms with van der Waals surface area (Å²) < 4.78 is 34.7. The van der Waals surface area contributed by atoms with Crippen molar-refractivity contribution in [1.29, 1.82) is 0 Å². The van der Waals surface area contributed by atoms with Gasteiger partial charge in [-0.05, 0) is 0 Å². The van der Waals surface area contributed by atoms with Gasteiger partial charge < -0.3 is 18.0 Å². The summed E-state index contributed by atoms with van der Waals surface area (Å²) >= 11 is 0. The van der Waals surface area contributed by atoms with Crippen LogP contribution in [0.2, 0.25) is 0 Å². The van der Waals surface area contributed by atoms with Crippen molar-refractivity contribution in [1.82, 2.24) is 14.0 Å². The lowest BCUT2D eigenvalue weighted by Gasteiger charge is -2.46. The molecule has 0 radical (unpaired) electrons. The first-order valence-electron chi connectivity index (χ1n) is 11.8. The van der Waals surface area contributed by atoms with E-state index in [2.05, 4.69) is 56.3 Å². The Morgan fingerprint density at radius 2 is 0.710 bits per heavy atom. The van der Waals surface area contributed by atoms with Crippen molar-refractivity contribution in [2.75, 3.05) is 141 Å². The molecule has 3 aliphatic heterocycles. The number of hydrogen-bond donors (Lipinski definition) is 0. The van der Waals surface area contributed by atoms with Gasteiger partial charge in [0.2, 0.25) is 7.44 Å². The standard InChI is InChI=1S/C13H31N4OP.C8H20N2OP/c1-16(2)10-6-14(7-11-16)19(5,18)15-8-12-17(3,4)13-9-15;1-10(2)7-5-9(6-8-10)12(3,4)11/h6-13H2,1-5H3;5-8H2,1-4H3/q+2;+1. The van der Waals surface area contributed by atoms with Crippen molar-refractivity contribution in [2.24, 2.45) is 0 Å². The third kappa shape index (κ3) is 8.19. The number of hydrogen-bond acceptors (Lipinski definition) is 2. The van der Waals surface area contributed by atoms with E-state index in [1.165, 1.54) is 0 Å². The molecule has 3 rings (SSSR count). The zero-order valence-electron chi connectivity index (χ0n) is 21.9. The molecule has 184 valence electrons. The van der Waals surface area contributed by atoms with Gasteiger partial charge in [0.25, 0.3) is 0 Å². The van der Waals surface area contributed by atoms with E-state index in [4.69, 9.17) is 0 Å². The van der Waals surface area contributed by atoms with E-state index in [1.54, 1.807) is 0 Å². The molecule has 0 aliphatic carbocycles. The van der Waals surface area contributed by atoms with Crippen molar-refractivity contribution in [3.63, 3.8) is 0 Å². The Hall–Kier alpha value is 0.220. The quantitative estimate of drug-likeness (QED) is 0.452. The molecule has 0 aromatic heterocycles. The van der Waals surface area contributed by atoms with Gasteiger partial charge in [0, 0.05) is 20.0 Å². The normalized spacial score (nSPS) is 27.9. The van der Waals surface area contributed by atoms with E-state index >= 15 is 0 Å². The molecular formula is C21H51N6O2P2+3. The summed E-state index contributed by atoms with van der Waals surface area (Å²) in [5, 5.41) is 0. The Labute approximate surface area is 192 Å². The van der Waals surface area contributed by atoms with Crippen LogP contribution in [-0.2, 0) is 9.13 Å². The molecular weight excluding hydrogens is 430 g/mol. The van der Waals surface area contributed by atoms with Crippen molar-refractivity contribution >= 4 is 14.7 Å². The van der Waals surface area contributed by atoms with Crippen LogP contribution in [0.1, 0.15) is 0 Å². The highest BCUT2D eigenvalue weighted by atomic mass is 31.2. The minimum absolute atomic E-state index is 0.968. The smallest absolute Gasteiger partial charge is 0.214 e. The predicted octanol–water partition coefficient (Wildman–Crippen LogP) is 1.51. The van der Waals surface area contributed by atoms with E-state index < -0.39 is 14.7 Å². The fourth-order valence-corrected chi connectivity index (χ4v) is 7.73. The molecule has 0 aromatic carbocycles. The lowest BCUT2D eigenvalue weighted by Crippen LogP contribution is -2.57. The molecule has 8 nitrogen and oxygen atoms in total. The molecule has 3 heterocycles. The Kier molecular flexibility index (Phi) is 8.71. The molecule has 0 amide bonds. The third-order valence-electron chi connectivity index (χ3n) is 7.51. The number of likely N-dealkylation sites (N-methyl/N-ethyl adjacent to an activating group) is 3. The van der Waals surface area contributed by atoms with Crippen molar-refractivity contribution in [3.05, 3.63) is 0 Å². The van der Waals surface area contributed by atoms with Gasteiger partial charge in [0.1, 0.15) is 7.29 Å². The van der Waals surface area contributed by atoms with E-state index in [0.717, 1.165) is 92.0 Å². The fraction of sp³-hybridized carbons (Fsp3) is 1.00. The Morgan fingerprint density at radius 1 is 0.484 bits per heavy atom. The maximum atomic E-state index is 13.2. The second-order valence-corrected chi connectivity index (χ2v) is 18.1. The summed E-state index contributed by atoms with van der Waals surface area (Å²) in [6, 6.07) is 0. The van der Waals surface area contributed by atoms with Crippen LogP contribution in [0.25, 0.3) is 0 Å². The van der Waals surface area contributed by atoms with Gasteiger partial charge in [-0.2, -0.15) is 0 Å². The molecule has 0 aromatic rings. The molecule has 3 saturated heterocycles. The summed E-state index contributed by atoms with van der Waals surface area (Å²) in [7, 11) is 9.23. The molecule has 0 bridgehead atoms. The summed E-state index contributed by atoms with van der Waals surface area (Å²) in [5.74, 6) is 0. The molecule has 0 unspecified atom stereocenters. The Bertz CT molecular complexity index is 644. The maximum Gasteiger partial charge on any atom is 0.214 e. The monoisotopic (exact) mass is 481 g/mol. The van der Waals surface area contributed by atoms with Crippen LogP contribution in [0.5, 0.6) is 0 Å². The second kappa shape index (κ2) is 9.84. The van der Waals surface area contributed by atoms with E-state index in [1.807, 2.05) is 20.0 Å². The molecule has 0 atom stereocenters. The zero-order valence-corrected chi connectivity index (χ0v) is 23.7. The van der Waals surface area contributed by atoms with Crippen LogP contribution in [0, 0.1) is 0 Å². The van der Waals surface area contributed by atoms with Gasteiger partial charge in [-0.3, -0.25) is 4.57 Å². The molecule has 10 heteroatoms. The lowest BCUT2D eigenvalue weighted by molar-refractivity contribution is -0.894. The van der Waals surface area contributed by atoms with Crippen molar-refractivity contribution in [2.45, 2.75) is 0 Å². The second-order valence-electron chi connectivity index (χ2n) is 12.1. The van der Waals surface area contributed by atoms with Crippen LogP contribution < -0.4 is 0 Å². The average Bonchev–Trinajstić information content (AvgIpc) is 2.60. The maximum absolute atomic E-state index is 13.2. The van der Waals surface area contributed by atoms with Gasteiger partial charge in [0.15, 0.2) is 0 Å². The molecule has 31 heavy (non-hydrogen) atoms. The fourth-order valence-electron chi connectivity index (χ4n) is 4.39. The van der Waals surface area contributed by atoms with Gasteiger partial charge in [0.05, 0.1) is 121 Å². The molecule has 0 N–H and O–H groups in total. The number of nitrogens with zero attached hydrogens (tertiary/aromatic N) is 6. The van der Waals surface area contributed by atoms with E-state index in [-0.39, 0.29) is 0 Å². The zero-order chi connectivity index (χ0) is 23.7. The van der Waals surface area contributed by atoms with Gasteiger partial charge in [-0.1, -0.05) is 0 Å². The van der Waals surface area contributed by atoms with Gasteiger partial charge in [-0.25, -0.2) is 14.0 Å². The van der Waals surface area contributed by atoms with Crippen LogP contribution in [0.4, 0.5) is 0 Å². The average molecular weight is 482 g/mol. The lowest BCUT2D eigenvalue weighted by atomic mass is 10.3. The molecule has 0 spiro atoms. The molecule has 3 fully saturated rings. The number of rotatable bonds is 3. The first kappa shape index (κ1) is 27.5. The third-order valence-corrected chi connectivity index (χ3v) is 12.2. The Balaban J connectivity index is 0.000000245. The van der Waals surface area contributed by atoms with Crippen LogP contribution in [0.15, 0.2) is 0 Å². The molecule has 3 aliphatic rings. The van der Waals surface area contributed by atoms with E-state index in [9.17, 15) is 9.13 Å². The van der Waals surface area contributed by atoms with Crippen LogP contribution >= 0.6 is 14.7 Å². The summed E-state index contributed by atoms with van der Waals surface area (Å²) in [6.07, 6.45) is 0. The highest BCUT2D eigenvalue weighted by molar-refractivity contribution is 7.59. The van der Waals surface area contributed by atoms with Crippen LogP contribution in [-0.4, -0.2) is 168 Å². The first-order chi connectivity index (χ1) is 13.9. The van der Waals surface area contributed by atoms with E-state index in [0.29, 0.717) is 0 Å². The van der Waals surface area contributed by atoms with Crippen molar-refractivity contribution in [3.8, 4) is 0 Å². The topological polar surface area (TPSA) is 43.9 Å². The summed E-state index contributed by atoms with van der Waals surface area (Å²) in [5.41, 5.74) is 0. The number of quaternary nitrogens is 3. The Morgan fingerprint density at radius 3 is 0.935 bits per heavy atom. The predicted molar refractivity (Wildman–Crippen MR) is 133 cm³/mol. The van der Waals surface area contributed by atoms with Crippen molar-refractivity contribution < 1.29 is 22.6 Å². The van der Waals surface area contributed by atoms with Gasteiger partial charge >= 0.3 is 0 Å². The van der Waals surface area contributed by atoms with Crippen LogP contribution in [0.3, 0.4) is 0 Å².